The Bertz CT molecular complexity index is 928. The number of aromatic nitrogens is 3. The zero-order valence-electron chi connectivity index (χ0n) is 12.7. The van der Waals surface area contributed by atoms with Crippen molar-refractivity contribution < 1.29 is 0 Å². The number of nitrogens with zero attached hydrogens (tertiary/aromatic N) is 4. The van der Waals surface area contributed by atoms with Crippen LogP contribution in [0, 0.1) is 10.9 Å². The van der Waals surface area contributed by atoms with E-state index in [1.807, 2.05) is 29.7 Å². The average Bonchev–Trinajstić information content (AvgIpc) is 3.24. The molecule has 0 aliphatic carbocycles. The van der Waals surface area contributed by atoms with Gasteiger partial charge in [0.15, 0.2) is 14.3 Å². The highest BCUT2D eigenvalue weighted by Crippen LogP contribution is 2.39. The molecule has 1 fully saturated rings. The van der Waals surface area contributed by atoms with Crippen molar-refractivity contribution in [2.24, 2.45) is 0 Å². The fourth-order valence-electron chi connectivity index (χ4n) is 2.95. The van der Waals surface area contributed by atoms with Gasteiger partial charge in [-0.15, -0.1) is 11.6 Å². The molecule has 7 heteroatoms. The number of thiazole rings is 1. The maximum Gasteiger partial charge on any atom is 0.251 e. The largest absolute Gasteiger partial charge is 0.275 e. The van der Waals surface area contributed by atoms with Crippen molar-refractivity contribution in [3.05, 3.63) is 40.1 Å². The number of fused-ring (bicyclic) bond motifs is 1. The number of alkyl halides is 1. The molecule has 23 heavy (non-hydrogen) atoms. The Morgan fingerprint density at radius 2 is 2.00 bits per heavy atom. The molecule has 1 aliphatic rings. The van der Waals surface area contributed by atoms with E-state index < -0.39 is 0 Å². The molecule has 0 unspecified atom stereocenters. The third-order valence-corrected chi connectivity index (χ3v) is 5.79. The summed E-state index contributed by atoms with van der Waals surface area (Å²) in [6, 6.07) is 10.1. The molecule has 2 aromatic heterocycles. The van der Waals surface area contributed by atoms with E-state index in [-0.39, 0.29) is 0 Å². The van der Waals surface area contributed by atoms with Gasteiger partial charge in [-0.1, -0.05) is 29.5 Å². The second-order valence-electron chi connectivity index (χ2n) is 5.79. The number of aryl methyl sites for hydroxylation is 1. The molecular weight excluding hydrogens is 348 g/mol. The van der Waals surface area contributed by atoms with Gasteiger partial charge in [0.05, 0.1) is 12.4 Å². The van der Waals surface area contributed by atoms with E-state index in [9.17, 15) is 0 Å². The minimum atomic E-state index is 0.634. The van der Waals surface area contributed by atoms with E-state index >= 15 is 0 Å². The van der Waals surface area contributed by atoms with E-state index in [1.54, 1.807) is 11.3 Å². The predicted molar refractivity (Wildman–Crippen MR) is 99.4 cm³/mol. The molecule has 0 spiro atoms. The Morgan fingerprint density at radius 1 is 1.26 bits per heavy atom. The van der Waals surface area contributed by atoms with E-state index in [0.29, 0.717) is 5.88 Å². The van der Waals surface area contributed by atoms with Gasteiger partial charge in [-0.05, 0) is 31.3 Å². The molecule has 1 aromatic carbocycles. The number of hydrogen-bond donors (Lipinski definition) is 0. The summed E-state index contributed by atoms with van der Waals surface area (Å²) in [5.41, 5.74) is 1.95. The van der Waals surface area contributed by atoms with Gasteiger partial charge in [0.1, 0.15) is 18.9 Å². The highest BCUT2D eigenvalue weighted by atomic mass is 35.5. The van der Waals surface area contributed by atoms with Crippen molar-refractivity contribution in [1.82, 2.24) is 19.0 Å². The normalized spacial score (nSPS) is 15.9. The lowest BCUT2D eigenvalue weighted by Gasteiger charge is -2.16. The maximum absolute atomic E-state index is 6.02. The van der Waals surface area contributed by atoms with Gasteiger partial charge >= 0.3 is 0 Å². The molecule has 0 bridgehead atoms. The molecule has 3 aromatic rings. The standard InChI is InChI=1S/C16H16ClN4S2/c1-11-18-14-13(15(19-11)21(8-7-17)9-10-21)23-16(22)20(14)12-5-3-2-4-6-12/h2-6H,7-10H2,1H3/q+1. The summed E-state index contributed by atoms with van der Waals surface area (Å²) in [7, 11) is 0. The van der Waals surface area contributed by atoms with Crippen molar-refractivity contribution in [1.29, 1.82) is 0 Å². The van der Waals surface area contributed by atoms with E-state index in [4.69, 9.17) is 28.8 Å². The Labute approximate surface area is 148 Å². The monoisotopic (exact) mass is 363 g/mol. The van der Waals surface area contributed by atoms with Crippen LogP contribution >= 0.6 is 35.2 Å². The second kappa shape index (κ2) is 5.63. The predicted octanol–water partition coefficient (Wildman–Crippen LogP) is 4.08. The van der Waals surface area contributed by atoms with Gasteiger partial charge in [-0.3, -0.25) is 9.05 Å². The van der Waals surface area contributed by atoms with Crippen molar-refractivity contribution in [3.63, 3.8) is 0 Å². The van der Waals surface area contributed by atoms with Crippen LogP contribution in [0.25, 0.3) is 16.0 Å². The minimum absolute atomic E-state index is 0.634. The van der Waals surface area contributed by atoms with Crippen LogP contribution < -0.4 is 4.48 Å². The smallest absolute Gasteiger partial charge is 0.251 e. The zero-order valence-corrected chi connectivity index (χ0v) is 15.1. The lowest BCUT2D eigenvalue weighted by molar-refractivity contribution is 0.560. The lowest BCUT2D eigenvalue weighted by Crippen LogP contribution is -2.29. The maximum atomic E-state index is 6.02. The van der Waals surface area contributed by atoms with Gasteiger partial charge in [-0.2, -0.15) is 4.98 Å². The van der Waals surface area contributed by atoms with E-state index in [2.05, 4.69) is 17.1 Å². The van der Waals surface area contributed by atoms with Gasteiger partial charge in [0.2, 0.25) is 0 Å². The van der Waals surface area contributed by atoms with Crippen LogP contribution in [0.4, 0.5) is 5.82 Å². The molecule has 4 rings (SSSR count). The molecule has 118 valence electrons. The van der Waals surface area contributed by atoms with Crippen LogP contribution in [-0.4, -0.2) is 40.0 Å². The Kier molecular flexibility index (Phi) is 3.72. The van der Waals surface area contributed by atoms with Crippen molar-refractivity contribution >= 4 is 51.3 Å². The van der Waals surface area contributed by atoms with Crippen LogP contribution in [-0.2, 0) is 0 Å². The molecular formula is C16H16ClN4S2+. The number of halogens is 1. The number of benzene rings is 1. The SMILES string of the molecule is Cc1nc([N+]2(CCCl)CC2)c2sc(=S)n(-c3ccccc3)c2n1. The summed E-state index contributed by atoms with van der Waals surface area (Å²) in [5.74, 6) is 2.50. The first-order chi connectivity index (χ1) is 11.1. The van der Waals surface area contributed by atoms with Crippen molar-refractivity contribution in [2.75, 3.05) is 25.5 Å². The fourth-order valence-corrected chi connectivity index (χ4v) is 4.73. The quantitative estimate of drug-likeness (QED) is 0.303. The Morgan fingerprint density at radius 3 is 2.65 bits per heavy atom. The van der Waals surface area contributed by atoms with E-state index in [1.165, 1.54) is 0 Å². The number of rotatable bonds is 4. The lowest BCUT2D eigenvalue weighted by atomic mass is 10.3. The Balaban J connectivity index is 2.00. The van der Waals surface area contributed by atoms with Gasteiger partial charge in [0.25, 0.3) is 5.82 Å². The van der Waals surface area contributed by atoms with E-state index in [0.717, 1.165) is 55.7 Å². The molecule has 1 saturated heterocycles. The second-order valence-corrected chi connectivity index (χ2v) is 7.81. The average molecular weight is 364 g/mol. The van der Waals surface area contributed by atoms with Crippen molar-refractivity contribution in [3.8, 4) is 5.69 Å². The summed E-state index contributed by atoms with van der Waals surface area (Å²) in [6.07, 6.45) is 0. The fraction of sp³-hybridized carbons (Fsp3) is 0.312. The molecule has 0 atom stereocenters. The third kappa shape index (κ3) is 2.50. The summed E-state index contributed by atoms with van der Waals surface area (Å²) >= 11 is 13.2. The minimum Gasteiger partial charge on any atom is -0.275 e. The Hall–Kier alpha value is -1.34. The first-order valence-corrected chi connectivity index (χ1v) is 9.29. The van der Waals surface area contributed by atoms with Crippen LogP contribution in [0.3, 0.4) is 0 Å². The van der Waals surface area contributed by atoms with Gasteiger partial charge in [0, 0.05) is 5.69 Å². The van der Waals surface area contributed by atoms with Gasteiger partial charge < -0.3 is 0 Å². The molecule has 0 radical (unpaired) electrons. The third-order valence-electron chi connectivity index (χ3n) is 4.27. The summed E-state index contributed by atoms with van der Waals surface area (Å²) in [6.45, 7) is 5.03. The first kappa shape index (κ1) is 15.2. The molecule has 0 saturated carbocycles. The van der Waals surface area contributed by atoms with Crippen LogP contribution in [0.15, 0.2) is 30.3 Å². The zero-order chi connectivity index (χ0) is 16.0. The molecule has 4 nitrogen and oxygen atoms in total. The number of hydrogen-bond acceptors (Lipinski definition) is 4. The van der Waals surface area contributed by atoms with Crippen LogP contribution in [0.2, 0.25) is 0 Å². The highest BCUT2D eigenvalue weighted by molar-refractivity contribution is 7.73. The van der Waals surface area contributed by atoms with Gasteiger partial charge in [-0.25, -0.2) is 4.98 Å². The van der Waals surface area contributed by atoms with Crippen LogP contribution in [0.1, 0.15) is 5.82 Å². The topological polar surface area (TPSA) is 30.7 Å². The summed E-state index contributed by atoms with van der Waals surface area (Å²) in [4.78, 5) is 9.44. The summed E-state index contributed by atoms with van der Waals surface area (Å²) in [5, 5.41) is 0. The van der Waals surface area contributed by atoms with Crippen LogP contribution in [0.5, 0.6) is 0 Å². The molecule has 0 amide bonds. The highest BCUT2D eigenvalue weighted by Gasteiger charge is 2.47. The van der Waals surface area contributed by atoms with Crippen molar-refractivity contribution in [2.45, 2.75) is 6.92 Å². The summed E-state index contributed by atoms with van der Waals surface area (Å²) < 4.78 is 4.80. The molecule has 1 aliphatic heterocycles. The number of para-hydroxylation sites is 1. The molecule has 0 N–H and O–H groups in total. The first-order valence-electron chi connectivity index (χ1n) is 7.53. The number of quaternary nitrogens is 1. The molecule has 3 heterocycles.